The standard InChI is InChI=1S/C17H23IN2/c1-17(2,3)19-13-20-11-7-6-9-15(20)12-14-8-4-5-10-16(14)18/h4-5,8-10,13H,6-7,11-12H2,1-3H3. The fourth-order valence-electron chi connectivity index (χ4n) is 2.18. The SMILES string of the molecule is CC(C)(C)N=CN1CCCC=C1Cc1ccccc1I. The molecule has 2 nitrogen and oxygen atoms in total. The first-order valence-corrected chi connectivity index (χ1v) is 8.28. The van der Waals surface area contributed by atoms with E-state index in [0.717, 1.165) is 13.0 Å². The second kappa shape index (κ2) is 6.74. The smallest absolute Gasteiger partial charge is 0.0898 e. The fraction of sp³-hybridized carbons (Fsp3) is 0.471. The Kier molecular flexibility index (Phi) is 5.24. The molecule has 3 heteroatoms. The van der Waals surface area contributed by atoms with Gasteiger partial charge in [0.25, 0.3) is 0 Å². The van der Waals surface area contributed by atoms with Crippen LogP contribution in [0.15, 0.2) is 41.0 Å². The topological polar surface area (TPSA) is 15.6 Å². The van der Waals surface area contributed by atoms with Gasteiger partial charge in [0.1, 0.15) is 0 Å². The molecule has 0 N–H and O–H groups in total. The summed E-state index contributed by atoms with van der Waals surface area (Å²) in [5.74, 6) is 0. The molecule has 0 spiro atoms. The largest absolute Gasteiger partial charge is 0.336 e. The second-order valence-electron chi connectivity index (χ2n) is 6.21. The highest BCUT2D eigenvalue weighted by molar-refractivity contribution is 14.1. The Morgan fingerprint density at radius 3 is 2.75 bits per heavy atom. The van der Waals surface area contributed by atoms with Crippen LogP contribution in [0.4, 0.5) is 0 Å². The van der Waals surface area contributed by atoms with E-state index in [1.807, 2.05) is 6.34 Å². The Bertz CT molecular complexity index is 512. The minimum atomic E-state index is -0.0102. The molecular formula is C17H23IN2. The fourth-order valence-corrected chi connectivity index (χ4v) is 2.75. The summed E-state index contributed by atoms with van der Waals surface area (Å²) < 4.78 is 1.34. The molecule has 0 amide bonds. The van der Waals surface area contributed by atoms with Crippen molar-refractivity contribution >= 4 is 28.9 Å². The average molecular weight is 382 g/mol. The third-order valence-corrected chi connectivity index (χ3v) is 4.32. The zero-order chi connectivity index (χ0) is 14.6. The van der Waals surface area contributed by atoms with Crippen molar-refractivity contribution < 1.29 is 0 Å². The number of benzene rings is 1. The van der Waals surface area contributed by atoms with Crippen molar-refractivity contribution in [3.63, 3.8) is 0 Å². The van der Waals surface area contributed by atoms with Crippen LogP contribution in [0.25, 0.3) is 0 Å². The molecule has 108 valence electrons. The number of halogens is 1. The van der Waals surface area contributed by atoms with E-state index in [2.05, 4.69) is 83.6 Å². The van der Waals surface area contributed by atoms with Gasteiger partial charge in [0.2, 0.25) is 0 Å². The molecule has 0 aliphatic carbocycles. The summed E-state index contributed by atoms with van der Waals surface area (Å²) in [4.78, 5) is 6.97. The summed E-state index contributed by atoms with van der Waals surface area (Å²) in [5.41, 5.74) is 2.77. The number of hydrogen-bond acceptors (Lipinski definition) is 1. The molecule has 2 rings (SSSR count). The lowest BCUT2D eigenvalue weighted by Gasteiger charge is -2.28. The third kappa shape index (κ3) is 4.62. The van der Waals surface area contributed by atoms with Gasteiger partial charge < -0.3 is 4.90 Å². The molecule has 1 aliphatic heterocycles. The van der Waals surface area contributed by atoms with Gasteiger partial charge in [-0.1, -0.05) is 24.3 Å². The van der Waals surface area contributed by atoms with E-state index in [1.54, 1.807) is 0 Å². The minimum absolute atomic E-state index is 0.0102. The third-order valence-electron chi connectivity index (χ3n) is 3.27. The van der Waals surface area contributed by atoms with Crippen LogP contribution in [-0.2, 0) is 6.42 Å². The van der Waals surface area contributed by atoms with Gasteiger partial charge in [-0.25, -0.2) is 0 Å². The van der Waals surface area contributed by atoms with Crippen LogP contribution in [0, 0.1) is 3.57 Å². The summed E-state index contributed by atoms with van der Waals surface area (Å²) >= 11 is 2.42. The van der Waals surface area contributed by atoms with Gasteiger partial charge in [0.05, 0.1) is 11.9 Å². The van der Waals surface area contributed by atoms with Gasteiger partial charge in [0.15, 0.2) is 0 Å². The summed E-state index contributed by atoms with van der Waals surface area (Å²) in [5, 5.41) is 0. The molecule has 1 aromatic carbocycles. The predicted octanol–water partition coefficient (Wildman–Crippen LogP) is 4.64. The van der Waals surface area contributed by atoms with Gasteiger partial charge in [-0.2, -0.15) is 0 Å². The van der Waals surface area contributed by atoms with Gasteiger partial charge >= 0.3 is 0 Å². The highest BCUT2D eigenvalue weighted by atomic mass is 127. The summed E-state index contributed by atoms with van der Waals surface area (Å²) in [6.07, 6.45) is 7.78. The molecule has 1 aliphatic rings. The normalized spacial score (nSPS) is 16.6. The Morgan fingerprint density at radius 2 is 2.05 bits per heavy atom. The maximum atomic E-state index is 4.65. The first-order chi connectivity index (χ1) is 9.46. The zero-order valence-corrected chi connectivity index (χ0v) is 14.7. The van der Waals surface area contributed by atoms with Crippen molar-refractivity contribution in [2.24, 2.45) is 4.99 Å². The van der Waals surface area contributed by atoms with Gasteiger partial charge in [-0.05, 0) is 67.8 Å². The van der Waals surface area contributed by atoms with Crippen molar-refractivity contribution in [2.45, 2.75) is 45.6 Å². The summed E-state index contributed by atoms with van der Waals surface area (Å²) in [6.45, 7) is 7.49. The van der Waals surface area contributed by atoms with E-state index in [9.17, 15) is 0 Å². The first kappa shape index (κ1) is 15.5. The summed E-state index contributed by atoms with van der Waals surface area (Å²) in [6, 6.07) is 8.61. The average Bonchev–Trinajstić information content (AvgIpc) is 2.39. The van der Waals surface area contributed by atoms with Crippen molar-refractivity contribution in [2.75, 3.05) is 6.54 Å². The van der Waals surface area contributed by atoms with Gasteiger partial charge in [0, 0.05) is 22.2 Å². The lowest BCUT2D eigenvalue weighted by Crippen LogP contribution is -2.28. The molecule has 0 saturated carbocycles. The predicted molar refractivity (Wildman–Crippen MR) is 95.1 cm³/mol. The van der Waals surface area contributed by atoms with E-state index in [-0.39, 0.29) is 5.54 Å². The molecule has 0 unspecified atom stereocenters. The van der Waals surface area contributed by atoms with Crippen LogP contribution in [0.5, 0.6) is 0 Å². The molecule has 0 fully saturated rings. The highest BCUT2D eigenvalue weighted by Gasteiger charge is 2.14. The number of aliphatic imine (C=N–C) groups is 1. The molecule has 0 radical (unpaired) electrons. The van der Waals surface area contributed by atoms with Crippen LogP contribution < -0.4 is 0 Å². The lowest BCUT2D eigenvalue weighted by molar-refractivity contribution is 0.459. The summed E-state index contributed by atoms with van der Waals surface area (Å²) in [7, 11) is 0. The maximum absolute atomic E-state index is 4.65. The molecule has 0 aromatic heterocycles. The van der Waals surface area contributed by atoms with Crippen molar-refractivity contribution in [1.29, 1.82) is 0 Å². The van der Waals surface area contributed by atoms with Crippen LogP contribution in [0.3, 0.4) is 0 Å². The number of nitrogens with zero attached hydrogens (tertiary/aromatic N) is 2. The monoisotopic (exact) mass is 382 g/mol. The first-order valence-electron chi connectivity index (χ1n) is 7.20. The highest BCUT2D eigenvalue weighted by Crippen LogP contribution is 2.21. The van der Waals surface area contributed by atoms with E-state index in [1.165, 1.54) is 27.7 Å². The quantitative estimate of drug-likeness (QED) is 0.423. The van der Waals surface area contributed by atoms with Crippen LogP contribution in [0.2, 0.25) is 0 Å². The molecular weight excluding hydrogens is 359 g/mol. The van der Waals surface area contributed by atoms with Crippen LogP contribution >= 0.6 is 22.6 Å². The number of allylic oxidation sites excluding steroid dienone is 2. The van der Waals surface area contributed by atoms with E-state index in [4.69, 9.17) is 0 Å². The van der Waals surface area contributed by atoms with Crippen LogP contribution in [0.1, 0.15) is 39.2 Å². The van der Waals surface area contributed by atoms with E-state index >= 15 is 0 Å². The van der Waals surface area contributed by atoms with Gasteiger partial charge in [-0.15, -0.1) is 0 Å². The molecule has 1 heterocycles. The second-order valence-corrected chi connectivity index (χ2v) is 7.38. The Labute approximate surface area is 136 Å². The zero-order valence-electron chi connectivity index (χ0n) is 12.6. The maximum Gasteiger partial charge on any atom is 0.0898 e. The van der Waals surface area contributed by atoms with Crippen molar-refractivity contribution in [1.82, 2.24) is 4.90 Å². The van der Waals surface area contributed by atoms with Gasteiger partial charge in [-0.3, -0.25) is 4.99 Å². The molecule has 0 saturated heterocycles. The Hall–Kier alpha value is -0.840. The van der Waals surface area contributed by atoms with E-state index < -0.39 is 0 Å². The van der Waals surface area contributed by atoms with Crippen molar-refractivity contribution in [3.8, 4) is 0 Å². The molecule has 1 aromatic rings. The number of hydrogen-bond donors (Lipinski definition) is 0. The molecule has 0 bridgehead atoms. The molecule has 20 heavy (non-hydrogen) atoms. The lowest BCUT2D eigenvalue weighted by atomic mass is 10.0. The van der Waals surface area contributed by atoms with E-state index in [0.29, 0.717) is 0 Å². The van der Waals surface area contributed by atoms with Crippen LogP contribution in [-0.4, -0.2) is 23.3 Å². The molecule has 0 atom stereocenters. The Balaban J connectivity index is 2.14. The van der Waals surface area contributed by atoms with Crippen molar-refractivity contribution in [3.05, 3.63) is 45.2 Å². The Morgan fingerprint density at radius 1 is 1.30 bits per heavy atom. The minimum Gasteiger partial charge on any atom is -0.336 e. The number of rotatable bonds is 3.